The summed E-state index contributed by atoms with van der Waals surface area (Å²) in [5.74, 6) is 0.694. The van der Waals surface area contributed by atoms with Gasteiger partial charge >= 0.3 is 0 Å². The summed E-state index contributed by atoms with van der Waals surface area (Å²) in [7, 11) is 0. The van der Waals surface area contributed by atoms with Crippen LogP contribution in [0.1, 0.15) is 102 Å². The van der Waals surface area contributed by atoms with Gasteiger partial charge in [0.25, 0.3) is 0 Å². The number of aliphatic imine (C=N–C) groups is 3. The Bertz CT molecular complexity index is 331. The summed E-state index contributed by atoms with van der Waals surface area (Å²) in [5, 5.41) is 0. The van der Waals surface area contributed by atoms with Gasteiger partial charge in [0, 0.05) is 6.21 Å². The molecule has 3 nitrogen and oxygen atoms in total. The van der Waals surface area contributed by atoms with E-state index in [9.17, 15) is 0 Å². The van der Waals surface area contributed by atoms with Crippen LogP contribution < -0.4 is 0 Å². The molecule has 3 heteroatoms. The van der Waals surface area contributed by atoms with E-state index in [1.165, 1.54) is 25.7 Å². The predicted molar refractivity (Wildman–Crippen MR) is 120 cm³/mol. The van der Waals surface area contributed by atoms with Gasteiger partial charge in [0.2, 0.25) is 0 Å². The molecule has 0 fully saturated rings. The fraction of sp³-hybridized carbons (Fsp3) is 0.864. The Kier molecular flexibility index (Phi) is 16.4. The van der Waals surface area contributed by atoms with E-state index in [1.807, 2.05) is 41.5 Å². The number of hydrogen-bond donors (Lipinski definition) is 0. The Morgan fingerprint density at radius 3 is 1.32 bits per heavy atom. The van der Waals surface area contributed by atoms with Crippen LogP contribution in [-0.4, -0.2) is 36.3 Å². The third-order valence-corrected chi connectivity index (χ3v) is 3.07. The minimum absolute atomic E-state index is 0.0556. The molecule has 0 amide bonds. The first kappa shape index (κ1) is 28.8. The van der Waals surface area contributed by atoms with Crippen LogP contribution >= 0.6 is 0 Å². The van der Waals surface area contributed by atoms with E-state index in [-0.39, 0.29) is 16.6 Å². The molecule has 150 valence electrons. The normalized spacial score (nSPS) is 13.2. The largest absolute Gasteiger partial charge is 0.295 e. The highest BCUT2D eigenvalue weighted by Crippen LogP contribution is 2.13. The summed E-state index contributed by atoms with van der Waals surface area (Å²) in [4.78, 5) is 12.1. The van der Waals surface area contributed by atoms with Gasteiger partial charge in [-0.3, -0.25) is 15.0 Å². The van der Waals surface area contributed by atoms with Crippen molar-refractivity contribution in [1.82, 2.24) is 0 Å². The second-order valence-corrected chi connectivity index (χ2v) is 9.42. The molecule has 0 radical (unpaired) electrons. The molecule has 0 aliphatic heterocycles. The maximum absolute atomic E-state index is 4.56. The Hall–Kier alpha value is -0.990. The van der Waals surface area contributed by atoms with Gasteiger partial charge in [-0.15, -0.1) is 0 Å². The summed E-state index contributed by atoms with van der Waals surface area (Å²) < 4.78 is 0. The van der Waals surface area contributed by atoms with Crippen molar-refractivity contribution >= 4 is 19.6 Å². The molecule has 0 spiro atoms. The van der Waals surface area contributed by atoms with Crippen LogP contribution in [0.15, 0.2) is 15.0 Å². The first-order valence-corrected chi connectivity index (χ1v) is 9.63. The monoisotopic (exact) mass is 353 g/mol. The molecule has 0 aliphatic carbocycles. The summed E-state index contributed by atoms with van der Waals surface area (Å²) in [6.45, 7) is 29.8. The fourth-order valence-electron chi connectivity index (χ4n) is 1.18. The van der Waals surface area contributed by atoms with E-state index in [0.29, 0.717) is 5.92 Å². The van der Waals surface area contributed by atoms with Crippen molar-refractivity contribution in [3.05, 3.63) is 0 Å². The van der Waals surface area contributed by atoms with Crippen molar-refractivity contribution in [2.75, 3.05) is 0 Å². The van der Waals surface area contributed by atoms with Crippen molar-refractivity contribution in [3.8, 4) is 0 Å². The lowest BCUT2D eigenvalue weighted by Gasteiger charge is -2.14. The van der Waals surface area contributed by atoms with E-state index in [1.54, 1.807) is 0 Å². The molecular formula is C22H47N3. The molecule has 0 aromatic rings. The van der Waals surface area contributed by atoms with Gasteiger partial charge in [-0.05, 0) is 94.5 Å². The van der Waals surface area contributed by atoms with Crippen molar-refractivity contribution in [1.29, 1.82) is 0 Å². The van der Waals surface area contributed by atoms with Gasteiger partial charge in [0.05, 0.1) is 16.6 Å². The Morgan fingerprint density at radius 1 is 0.760 bits per heavy atom. The Balaban J connectivity index is -0.000000336. The zero-order valence-electron chi connectivity index (χ0n) is 19.2. The van der Waals surface area contributed by atoms with Gasteiger partial charge in [0.1, 0.15) is 0 Å². The molecule has 0 aromatic carbocycles. The van der Waals surface area contributed by atoms with E-state index in [4.69, 9.17) is 0 Å². The van der Waals surface area contributed by atoms with Crippen LogP contribution in [0.3, 0.4) is 0 Å². The minimum Gasteiger partial charge on any atom is -0.295 e. The average molecular weight is 354 g/mol. The van der Waals surface area contributed by atoms with Crippen LogP contribution in [0.4, 0.5) is 0 Å². The smallest absolute Gasteiger partial charge is 0.0520 e. The van der Waals surface area contributed by atoms with Gasteiger partial charge in [-0.1, -0.05) is 26.7 Å². The van der Waals surface area contributed by atoms with Crippen LogP contribution in [0.2, 0.25) is 0 Å². The lowest BCUT2D eigenvalue weighted by Crippen LogP contribution is -2.12. The van der Waals surface area contributed by atoms with E-state index < -0.39 is 0 Å². The van der Waals surface area contributed by atoms with E-state index in [2.05, 4.69) is 69.2 Å². The summed E-state index contributed by atoms with van der Waals surface area (Å²) >= 11 is 0. The van der Waals surface area contributed by atoms with Gasteiger partial charge < -0.3 is 0 Å². The highest BCUT2D eigenvalue weighted by molar-refractivity contribution is 5.61. The first-order valence-electron chi connectivity index (χ1n) is 9.63. The topological polar surface area (TPSA) is 37.1 Å². The van der Waals surface area contributed by atoms with Crippen LogP contribution in [-0.2, 0) is 0 Å². The zero-order valence-corrected chi connectivity index (χ0v) is 19.2. The molecule has 0 heterocycles. The molecule has 0 aromatic heterocycles. The highest BCUT2D eigenvalue weighted by atomic mass is 14.8. The maximum atomic E-state index is 4.56. The van der Waals surface area contributed by atoms with Crippen LogP contribution in [0, 0.1) is 5.92 Å². The molecule has 1 atom stereocenters. The third kappa shape index (κ3) is 35.1. The third-order valence-electron chi connectivity index (χ3n) is 3.07. The lowest BCUT2D eigenvalue weighted by atomic mass is 10.0. The number of nitrogens with zero attached hydrogens (tertiary/aromatic N) is 3. The first-order chi connectivity index (χ1) is 11.1. The number of rotatable bonds is 5. The molecule has 1 unspecified atom stereocenters. The van der Waals surface area contributed by atoms with Gasteiger partial charge in [-0.25, -0.2) is 0 Å². The lowest BCUT2D eigenvalue weighted by molar-refractivity contribution is 0.549. The molecule has 0 rings (SSSR count). The molecule has 0 saturated heterocycles. The Labute approximate surface area is 159 Å². The van der Waals surface area contributed by atoms with E-state index >= 15 is 0 Å². The summed E-state index contributed by atoms with van der Waals surface area (Å²) in [6, 6.07) is 0. The average Bonchev–Trinajstić information content (AvgIpc) is 2.46. The van der Waals surface area contributed by atoms with Crippen LogP contribution in [0.5, 0.6) is 0 Å². The van der Waals surface area contributed by atoms with Gasteiger partial charge in [0.15, 0.2) is 0 Å². The number of hydrogen-bond acceptors (Lipinski definition) is 3. The Morgan fingerprint density at radius 2 is 1.12 bits per heavy atom. The van der Waals surface area contributed by atoms with Crippen molar-refractivity contribution in [3.63, 3.8) is 0 Å². The van der Waals surface area contributed by atoms with Crippen molar-refractivity contribution in [2.45, 2.75) is 118 Å². The molecular weight excluding hydrogens is 306 g/mol. The SMILES string of the molecule is C=NC(C)(C)C.C=NC(C)(C)C.CCCCC(C=NC(C)(C)C)CC. The maximum Gasteiger partial charge on any atom is 0.0520 e. The molecule has 0 N–H and O–H groups in total. The van der Waals surface area contributed by atoms with E-state index in [0.717, 1.165) is 0 Å². The standard InChI is InChI=1S/C12H25N.2C5H11N/c1-6-8-9-11(7-2)10-13-12(3,4)5;2*1-5(2,3)6-4/h10-11H,6-9H2,1-5H3;2*4H2,1-3H3. The minimum atomic E-state index is 0.0556. The fourth-order valence-corrected chi connectivity index (χ4v) is 1.18. The predicted octanol–water partition coefficient (Wildman–Crippen LogP) is 7.04. The molecule has 0 aliphatic rings. The molecule has 25 heavy (non-hydrogen) atoms. The summed E-state index contributed by atoms with van der Waals surface area (Å²) in [6.07, 6.45) is 7.30. The summed E-state index contributed by atoms with van der Waals surface area (Å²) in [5.41, 5.74) is 0.208. The molecule has 0 saturated carbocycles. The zero-order chi connectivity index (χ0) is 20.7. The second kappa shape index (κ2) is 14.2. The number of unbranched alkanes of at least 4 members (excludes halogenated alkanes) is 1. The highest BCUT2D eigenvalue weighted by Gasteiger charge is 2.07. The van der Waals surface area contributed by atoms with Gasteiger partial charge in [-0.2, -0.15) is 0 Å². The van der Waals surface area contributed by atoms with Crippen molar-refractivity contribution in [2.24, 2.45) is 20.9 Å². The second-order valence-electron chi connectivity index (χ2n) is 9.42. The van der Waals surface area contributed by atoms with Crippen molar-refractivity contribution < 1.29 is 0 Å². The molecule has 0 bridgehead atoms. The van der Waals surface area contributed by atoms with Crippen LogP contribution in [0.25, 0.3) is 0 Å². The quantitative estimate of drug-likeness (QED) is 0.475.